The summed E-state index contributed by atoms with van der Waals surface area (Å²) in [5, 5.41) is 14.0. The standard InChI is InChI=1S/C19H20N2O3/c1-3-21-17-7-5-4-6-14(17)15-10-13(8-9-18(15)21)11-16(19(23)24)20-12(2)22/h4-10,16H,3,11H2,1-2H3,(H,20,22)(H,23,24). The van der Waals surface area contributed by atoms with Gasteiger partial charge in [0.2, 0.25) is 5.91 Å². The number of hydrogen-bond acceptors (Lipinski definition) is 2. The lowest BCUT2D eigenvalue weighted by atomic mass is 10.0. The van der Waals surface area contributed by atoms with Crippen molar-refractivity contribution in [2.75, 3.05) is 0 Å². The fourth-order valence-corrected chi connectivity index (χ4v) is 3.25. The highest BCUT2D eigenvalue weighted by atomic mass is 16.4. The monoisotopic (exact) mass is 324 g/mol. The van der Waals surface area contributed by atoms with Crippen LogP contribution in [0.1, 0.15) is 19.4 Å². The molecule has 0 radical (unpaired) electrons. The predicted octanol–water partition coefficient (Wildman–Crippen LogP) is 2.95. The fraction of sp³-hybridized carbons (Fsp3) is 0.263. The van der Waals surface area contributed by atoms with E-state index < -0.39 is 12.0 Å². The van der Waals surface area contributed by atoms with Crippen LogP contribution in [0.4, 0.5) is 0 Å². The highest BCUT2D eigenvalue weighted by Gasteiger charge is 2.19. The summed E-state index contributed by atoms with van der Waals surface area (Å²) in [4.78, 5) is 22.5. The molecule has 1 heterocycles. The van der Waals surface area contributed by atoms with E-state index in [1.807, 2.05) is 30.3 Å². The molecule has 0 saturated carbocycles. The first-order valence-corrected chi connectivity index (χ1v) is 8.01. The SMILES string of the molecule is CCn1c2ccccc2c2cc(CC(NC(C)=O)C(=O)O)ccc21. The maximum Gasteiger partial charge on any atom is 0.326 e. The minimum Gasteiger partial charge on any atom is -0.480 e. The number of carbonyl (C=O) groups is 2. The summed E-state index contributed by atoms with van der Waals surface area (Å²) in [6.45, 7) is 4.30. The van der Waals surface area contributed by atoms with Crippen LogP contribution < -0.4 is 5.32 Å². The molecule has 5 nitrogen and oxygen atoms in total. The molecule has 0 spiro atoms. The fourth-order valence-electron chi connectivity index (χ4n) is 3.25. The van der Waals surface area contributed by atoms with Crippen molar-refractivity contribution in [3.63, 3.8) is 0 Å². The molecule has 1 unspecified atom stereocenters. The number of carboxylic acid groups (broad SMARTS) is 1. The number of nitrogens with one attached hydrogen (secondary N) is 1. The topological polar surface area (TPSA) is 71.3 Å². The van der Waals surface area contributed by atoms with Crippen molar-refractivity contribution in [2.45, 2.75) is 32.9 Å². The number of amides is 1. The maximum atomic E-state index is 11.3. The van der Waals surface area contributed by atoms with Crippen LogP contribution in [0.2, 0.25) is 0 Å². The van der Waals surface area contributed by atoms with E-state index in [4.69, 9.17) is 0 Å². The second kappa shape index (κ2) is 6.35. The number of aliphatic carboxylic acids is 1. The molecule has 0 bridgehead atoms. The molecule has 24 heavy (non-hydrogen) atoms. The third-order valence-corrected chi connectivity index (χ3v) is 4.27. The first kappa shape index (κ1) is 16.1. The molecule has 2 N–H and O–H groups in total. The average molecular weight is 324 g/mol. The summed E-state index contributed by atoms with van der Waals surface area (Å²) in [6, 6.07) is 13.3. The Morgan fingerprint density at radius 1 is 1.12 bits per heavy atom. The summed E-state index contributed by atoms with van der Waals surface area (Å²) in [5.74, 6) is -1.37. The molecule has 1 amide bonds. The van der Waals surface area contributed by atoms with Crippen molar-refractivity contribution in [1.82, 2.24) is 9.88 Å². The third-order valence-electron chi connectivity index (χ3n) is 4.27. The predicted molar refractivity (Wildman–Crippen MR) is 94.1 cm³/mol. The molecule has 2 aromatic carbocycles. The molecular formula is C19H20N2O3. The summed E-state index contributed by atoms with van der Waals surface area (Å²) in [7, 11) is 0. The Morgan fingerprint density at radius 2 is 1.83 bits per heavy atom. The van der Waals surface area contributed by atoms with E-state index in [0.29, 0.717) is 0 Å². The van der Waals surface area contributed by atoms with Gasteiger partial charge in [-0.3, -0.25) is 4.79 Å². The van der Waals surface area contributed by atoms with Gasteiger partial charge < -0.3 is 15.0 Å². The lowest BCUT2D eigenvalue weighted by molar-refractivity contribution is -0.141. The quantitative estimate of drug-likeness (QED) is 0.758. The number of aryl methyl sites for hydroxylation is 1. The van der Waals surface area contributed by atoms with E-state index >= 15 is 0 Å². The Bertz CT molecular complexity index is 927. The van der Waals surface area contributed by atoms with Crippen LogP contribution in [0.15, 0.2) is 42.5 Å². The first-order valence-electron chi connectivity index (χ1n) is 8.01. The van der Waals surface area contributed by atoms with Crippen molar-refractivity contribution in [2.24, 2.45) is 0 Å². The van der Waals surface area contributed by atoms with Crippen LogP contribution in [0.3, 0.4) is 0 Å². The van der Waals surface area contributed by atoms with Gasteiger partial charge in [0.1, 0.15) is 6.04 Å². The molecular weight excluding hydrogens is 304 g/mol. The van der Waals surface area contributed by atoms with Gasteiger partial charge in [-0.2, -0.15) is 0 Å². The van der Waals surface area contributed by atoms with Crippen LogP contribution in [0.25, 0.3) is 21.8 Å². The molecule has 124 valence electrons. The largest absolute Gasteiger partial charge is 0.480 e. The van der Waals surface area contributed by atoms with Crippen molar-refractivity contribution in [1.29, 1.82) is 0 Å². The van der Waals surface area contributed by atoms with Crippen LogP contribution in [0, 0.1) is 0 Å². The second-order valence-corrected chi connectivity index (χ2v) is 5.91. The van der Waals surface area contributed by atoms with Crippen molar-refractivity contribution in [3.8, 4) is 0 Å². The summed E-state index contributed by atoms with van der Waals surface area (Å²) >= 11 is 0. The summed E-state index contributed by atoms with van der Waals surface area (Å²) < 4.78 is 2.25. The van der Waals surface area contributed by atoms with Crippen molar-refractivity contribution >= 4 is 33.7 Å². The number of para-hydroxylation sites is 1. The highest BCUT2D eigenvalue weighted by Crippen LogP contribution is 2.29. The van der Waals surface area contributed by atoms with Crippen LogP contribution in [0.5, 0.6) is 0 Å². The molecule has 1 atom stereocenters. The molecule has 3 aromatic rings. The number of fused-ring (bicyclic) bond motifs is 3. The average Bonchev–Trinajstić information content (AvgIpc) is 2.87. The normalized spacial score (nSPS) is 12.4. The summed E-state index contributed by atoms with van der Waals surface area (Å²) in [6.07, 6.45) is 0.260. The Labute approximate surface area is 139 Å². The smallest absolute Gasteiger partial charge is 0.326 e. The molecule has 0 fully saturated rings. The van der Waals surface area contributed by atoms with Gasteiger partial charge in [0.25, 0.3) is 0 Å². The maximum absolute atomic E-state index is 11.3. The minimum atomic E-state index is -1.03. The third kappa shape index (κ3) is 2.85. The van der Waals surface area contributed by atoms with E-state index in [0.717, 1.165) is 28.4 Å². The molecule has 0 aliphatic carbocycles. The summed E-state index contributed by atoms with van der Waals surface area (Å²) in [5.41, 5.74) is 3.19. The Balaban J connectivity index is 2.06. The van der Waals surface area contributed by atoms with Crippen LogP contribution in [-0.4, -0.2) is 27.6 Å². The van der Waals surface area contributed by atoms with Crippen LogP contribution >= 0.6 is 0 Å². The molecule has 3 rings (SSSR count). The van der Waals surface area contributed by atoms with E-state index in [1.54, 1.807) is 0 Å². The number of rotatable bonds is 5. The van der Waals surface area contributed by atoms with E-state index in [9.17, 15) is 14.7 Å². The van der Waals surface area contributed by atoms with Gasteiger partial charge in [0.05, 0.1) is 0 Å². The van der Waals surface area contributed by atoms with Gasteiger partial charge in [-0.1, -0.05) is 24.3 Å². The number of carbonyl (C=O) groups excluding carboxylic acids is 1. The molecule has 5 heteroatoms. The van der Waals surface area contributed by atoms with Gasteiger partial charge in [0.15, 0.2) is 0 Å². The number of aromatic nitrogens is 1. The van der Waals surface area contributed by atoms with Gasteiger partial charge >= 0.3 is 5.97 Å². The Kier molecular flexibility index (Phi) is 4.25. The Hall–Kier alpha value is -2.82. The first-order chi connectivity index (χ1) is 11.5. The van der Waals surface area contributed by atoms with Gasteiger partial charge in [0, 0.05) is 41.7 Å². The molecule has 1 aromatic heterocycles. The highest BCUT2D eigenvalue weighted by molar-refractivity contribution is 6.08. The van der Waals surface area contributed by atoms with Crippen molar-refractivity contribution < 1.29 is 14.7 Å². The molecule has 0 saturated heterocycles. The van der Waals surface area contributed by atoms with Crippen LogP contribution in [-0.2, 0) is 22.6 Å². The number of hydrogen-bond donors (Lipinski definition) is 2. The van der Waals surface area contributed by atoms with E-state index in [2.05, 4.69) is 28.9 Å². The number of nitrogens with zero attached hydrogens (tertiary/aromatic N) is 1. The number of benzene rings is 2. The lowest BCUT2D eigenvalue weighted by Crippen LogP contribution is -2.41. The zero-order chi connectivity index (χ0) is 17.3. The van der Waals surface area contributed by atoms with Gasteiger partial charge in [-0.15, -0.1) is 0 Å². The minimum absolute atomic E-state index is 0.260. The zero-order valence-electron chi connectivity index (χ0n) is 13.7. The molecule has 0 aliphatic rings. The zero-order valence-corrected chi connectivity index (χ0v) is 13.7. The van der Waals surface area contributed by atoms with E-state index in [1.165, 1.54) is 12.4 Å². The lowest BCUT2D eigenvalue weighted by Gasteiger charge is -2.13. The number of carboxylic acids is 1. The van der Waals surface area contributed by atoms with E-state index in [-0.39, 0.29) is 12.3 Å². The molecule has 0 aliphatic heterocycles. The second-order valence-electron chi connectivity index (χ2n) is 5.91. The van der Waals surface area contributed by atoms with Gasteiger partial charge in [-0.05, 0) is 30.7 Å². The van der Waals surface area contributed by atoms with Gasteiger partial charge in [-0.25, -0.2) is 4.79 Å². The van der Waals surface area contributed by atoms with Crippen molar-refractivity contribution in [3.05, 3.63) is 48.0 Å². The Morgan fingerprint density at radius 3 is 2.50 bits per heavy atom.